The van der Waals surface area contributed by atoms with Crippen LogP contribution in [0.15, 0.2) is 48.5 Å². The summed E-state index contributed by atoms with van der Waals surface area (Å²) in [6, 6.07) is 14.6. The van der Waals surface area contributed by atoms with Crippen LogP contribution < -0.4 is 0 Å². The SMILES string of the molecule is COC(=O)C(OC(=O)C1CCCc2ccccc21)c1cccc(Cl)c1. The van der Waals surface area contributed by atoms with Gasteiger partial charge in [0.25, 0.3) is 0 Å². The summed E-state index contributed by atoms with van der Waals surface area (Å²) >= 11 is 6.00. The maximum atomic E-state index is 12.8. The van der Waals surface area contributed by atoms with Crippen molar-refractivity contribution in [1.29, 1.82) is 0 Å². The van der Waals surface area contributed by atoms with E-state index in [1.807, 2.05) is 24.3 Å². The molecule has 25 heavy (non-hydrogen) atoms. The molecule has 0 aromatic heterocycles. The van der Waals surface area contributed by atoms with Crippen LogP contribution in [0, 0.1) is 0 Å². The zero-order valence-electron chi connectivity index (χ0n) is 13.9. The third-order valence-corrected chi connectivity index (χ3v) is 4.69. The minimum atomic E-state index is -1.12. The molecule has 0 N–H and O–H groups in total. The maximum Gasteiger partial charge on any atom is 0.351 e. The minimum Gasteiger partial charge on any atom is -0.466 e. The topological polar surface area (TPSA) is 52.6 Å². The Morgan fingerprint density at radius 2 is 1.96 bits per heavy atom. The van der Waals surface area contributed by atoms with Gasteiger partial charge in [-0.1, -0.05) is 48.0 Å². The second kappa shape index (κ2) is 7.70. The second-order valence-corrected chi connectivity index (χ2v) is 6.48. The number of fused-ring (bicyclic) bond motifs is 1. The Hall–Kier alpha value is -2.33. The van der Waals surface area contributed by atoms with Crippen molar-refractivity contribution in [1.82, 2.24) is 0 Å². The Balaban J connectivity index is 1.85. The molecule has 1 aliphatic rings. The zero-order valence-corrected chi connectivity index (χ0v) is 14.7. The van der Waals surface area contributed by atoms with Gasteiger partial charge in [0.2, 0.25) is 6.10 Å². The van der Waals surface area contributed by atoms with Crippen molar-refractivity contribution in [2.45, 2.75) is 31.3 Å². The van der Waals surface area contributed by atoms with E-state index in [2.05, 4.69) is 0 Å². The fraction of sp³-hybridized carbons (Fsp3) is 0.300. The van der Waals surface area contributed by atoms with Gasteiger partial charge < -0.3 is 9.47 Å². The number of carbonyl (C=O) groups excluding carboxylic acids is 2. The number of halogens is 1. The van der Waals surface area contributed by atoms with Gasteiger partial charge in [0, 0.05) is 10.6 Å². The van der Waals surface area contributed by atoms with Crippen LogP contribution in [0.1, 0.15) is 41.6 Å². The Labute approximate surface area is 151 Å². The van der Waals surface area contributed by atoms with E-state index >= 15 is 0 Å². The van der Waals surface area contributed by atoms with Crippen LogP contribution in [-0.2, 0) is 25.5 Å². The molecular weight excluding hydrogens is 340 g/mol. The van der Waals surface area contributed by atoms with Crippen LogP contribution >= 0.6 is 11.6 Å². The number of esters is 2. The molecule has 1 aliphatic carbocycles. The predicted molar refractivity (Wildman–Crippen MR) is 94.4 cm³/mol. The smallest absolute Gasteiger partial charge is 0.351 e. The first-order valence-corrected chi connectivity index (χ1v) is 8.59. The molecular formula is C20H19ClO4. The lowest BCUT2D eigenvalue weighted by Crippen LogP contribution is -2.26. The molecule has 0 amide bonds. The standard InChI is InChI=1S/C20H19ClO4/c1-24-20(23)18(14-8-4-9-15(21)12-14)25-19(22)17-11-5-7-13-6-2-3-10-16(13)17/h2-4,6,8-10,12,17-18H,5,7,11H2,1H3. The number of aryl methyl sites for hydroxylation is 1. The first kappa shape index (κ1) is 17.5. The molecule has 0 aliphatic heterocycles. The van der Waals surface area contributed by atoms with Crippen LogP contribution in [0.4, 0.5) is 0 Å². The number of hydrogen-bond donors (Lipinski definition) is 0. The highest BCUT2D eigenvalue weighted by atomic mass is 35.5. The van der Waals surface area contributed by atoms with E-state index in [0.717, 1.165) is 24.0 Å². The highest BCUT2D eigenvalue weighted by Gasteiger charge is 2.33. The summed E-state index contributed by atoms with van der Waals surface area (Å²) in [6.45, 7) is 0. The summed E-state index contributed by atoms with van der Waals surface area (Å²) < 4.78 is 10.4. The lowest BCUT2D eigenvalue weighted by molar-refractivity contribution is -0.168. The lowest BCUT2D eigenvalue weighted by Gasteiger charge is -2.26. The Morgan fingerprint density at radius 3 is 2.72 bits per heavy atom. The second-order valence-electron chi connectivity index (χ2n) is 6.04. The molecule has 0 radical (unpaired) electrons. The highest BCUT2D eigenvalue weighted by Crippen LogP contribution is 2.34. The Morgan fingerprint density at radius 1 is 1.16 bits per heavy atom. The Kier molecular flexibility index (Phi) is 5.39. The molecule has 130 valence electrons. The monoisotopic (exact) mass is 358 g/mol. The molecule has 0 saturated carbocycles. The van der Waals surface area contributed by atoms with Gasteiger partial charge in [0.1, 0.15) is 0 Å². The molecule has 0 saturated heterocycles. The van der Waals surface area contributed by atoms with Gasteiger partial charge in [0.15, 0.2) is 0 Å². The number of ether oxygens (including phenoxy) is 2. The number of carbonyl (C=O) groups is 2. The van der Waals surface area contributed by atoms with Crippen LogP contribution in [0.2, 0.25) is 5.02 Å². The third kappa shape index (κ3) is 3.85. The van der Waals surface area contributed by atoms with Crippen molar-refractivity contribution in [2.24, 2.45) is 0 Å². The average Bonchev–Trinajstić information content (AvgIpc) is 2.64. The number of rotatable bonds is 4. The van der Waals surface area contributed by atoms with Crippen LogP contribution in [0.3, 0.4) is 0 Å². The number of methoxy groups -OCH3 is 1. The van der Waals surface area contributed by atoms with Crippen LogP contribution in [0.5, 0.6) is 0 Å². The molecule has 2 aromatic rings. The molecule has 0 spiro atoms. The van der Waals surface area contributed by atoms with Crippen molar-refractivity contribution < 1.29 is 19.1 Å². The van der Waals surface area contributed by atoms with Gasteiger partial charge in [0.05, 0.1) is 13.0 Å². The largest absolute Gasteiger partial charge is 0.466 e. The average molecular weight is 359 g/mol. The minimum absolute atomic E-state index is 0.365. The van der Waals surface area contributed by atoms with E-state index in [0.29, 0.717) is 17.0 Å². The van der Waals surface area contributed by atoms with Crippen molar-refractivity contribution >= 4 is 23.5 Å². The van der Waals surface area contributed by atoms with Gasteiger partial charge in [-0.2, -0.15) is 0 Å². The third-order valence-electron chi connectivity index (χ3n) is 4.45. The van der Waals surface area contributed by atoms with Gasteiger partial charge in [-0.25, -0.2) is 4.79 Å². The van der Waals surface area contributed by atoms with Crippen molar-refractivity contribution in [2.75, 3.05) is 7.11 Å². The molecule has 4 nitrogen and oxygen atoms in total. The quantitative estimate of drug-likeness (QED) is 0.768. The summed E-state index contributed by atoms with van der Waals surface area (Å²) in [5.41, 5.74) is 2.64. The molecule has 0 bridgehead atoms. The first-order chi connectivity index (χ1) is 12.1. The van der Waals surface area contributed by atoms with Gasteiger partial charge in [-0.05, 0) is 42.5 Å². The zero-order chi connectivity index (χ0) is 17.8. The fourth-order valence-electron chi connectivity index (χ4n) is 3.23. The molecule has 0 fully saturated rings. The summed E-state index contributed by atoms with van der Waals surface area (Å²) in [5, 5.41) is 0.463. The predicted octanol–water partition coefficient (Wildman–Crippen LogP) is 4.22. The normalized spacial score (nSPS) is 17.3. The highest BCUT2D eigenvalue weighted by molar-refractivity contribution is 6.30. The van der Waals surface area contributed by atoms with Crippen LogP contribution in [0.25, 0.3) is 0 Å². The summed E-state index contributed by atoms with van der Waals surface area (Å²) in [5.74, 6) is -1.40. The van der Waals surface area contributed by atoms with Crippen LogP contribution in [-0.4, -0.2) is 19.0 Å². The fourth-order valence-corrected chi connectivity index (χ4v) is 3.42. The molecule has 2 atom stereocenters. The molecule has 3 rings (SSSR count). The van der Waals surface area contributed by atoms with E-state index in [9.17, 15) is 9.59 Å². The van der Waals surface area contributed by atoms with E-state index < -0.39 is 18.0 Å². The lowest BCUT2D eigenvalue weighted by atomic mass is 9.83. The van der Waals surface area contributed by atoms with E-state index in [4.69, 9.17) is 21.1 Å². The molecule has 0 heterocycles. The molecule has 2 unspecified atom stereocenters. The first-order valence-electron chi connectivity index (χ1n) is 8.21. The molecule has 5 heteroatoms. The van der Waals surface area contributed by atoms with Crippen molar-refractivity contribution in [3.8, 4) is 0 Å². The number of hydrogen-bond acceptors (Lipinski definition) is 4. The van der Waals surface area contributed by atoms with E-state index in [1.165, 1.54) is 7.11 Å². The van der Waals surface area contributed by atoms with Gasteiger partial charge in [-0.15, -0.1) is 0 Å². The number of benzene rings is 2. The maximum absolute atomic E-state index is 12.8. The Bertz CT molecular complexity index is 787. The van der Waals surface area contributed by atoms with E-state index in [-0.39, 0.29) is 5.92 Å². The van der Waals surface area contributed by atoms with Gasteiger partial charge in [-0.3, -0.25) is 4.79 Å². The molecule has 2 aromatic carbocycles. The van der Waals surface area contributed by atoms with Crippen molar-refractivity contribution in [3.63, 3.8) is 0 Å². The van der Waals surface area contributed by atoms with Gasteiger partial charge >= 0.3 is 11.9 Å². The summed E-state index contributed by atoms with van der Waals surface area (Å²) in [4.78, 5) is 24.9. The van der Waals surface area contributed by atoms with Crippen molar-refractivity contribution in [3.05, 3.63) is 70.2 Å². The summed E-state index contributed by atoms with van der Waals surface area (Å²) in [7, 11) is 1.27. The van der Waals surface area contributed by atoms with E-state index in [1.54, 1.807) is 24.3 Å². The summed E-state index contributed by atoms with van der Waals surface area (Å²) in [6.07, 6.45) is 1.45.